The Bertz CT molecular complexity index is 773. The smallest absolute Gasteiger partial charge is 0.339 e. The van der Waals surface area contributed by atoms with Gasteiger partial charge in [0.1, 0.15) is 11.3 Å². The lowest BCUT2D eigenvalue weighted by atomic mass is 10.1. The molecule has 0 radical (unpaired) electrons. The third-order valence-electron chi connectivity index (χ3n) is 5.12. The molecule has 0 aliphatic heterocycles. The first kappa shape index (κ1) is 25.5. The summed E-state index contributed by atoms with van der Waals surface area (Å²) in [4.78, 5) is 21.2. The Labute approximate surface area is 180 Å². The number of hydrogen-bond acceptors (Lipinski definition) is 3. The van der Waals surface area contributed by atoms with Gasteiger partial charge >= 0.3 is 5.97 Å². The monoisotopic (exact) mass is 415 g/mol. The van der Waals surface area contributed by atoms with Gasteiger partial charge in [-0.05, 0) is 29.3 Å². The first-order chi connectivity index (χ1) is 14.5. The van der Waals surface area contributed by atoms with Gasteiger partial charge < -0.3 is 15.9 Å². The number of carbonyl (C=O) groups is 2. The van der Waals surface area contributed by atoms with E-state index in [0.717, 1.165) is 17.2 Å². The molecule has 0 spiro atoms. The Hall–Kier alpha value is -2.56. The summed E-state index contributed by atoms with van der Waals surface area (Å²) in [7, 11) is 0. The van der Waals surface area contributed by atoms with Crippen LogP contribution in [0.5, 0.6) is 5.75 Å². The van der Waals surface area contributed by atoms with Crippen LogP contribution in [0.2, 0.25) is 0 Å². The van der Waals surface area contributed by atoms with Crippen molar-refractivity contribution in [3.63, 3.8) is 0 Å². The molecule has 0 aliphatic carbocycles. The Kier molecular flexibility index (Phi) is 13.0. The number of hydrogen-bond donors (Lipinski definition) is 3. The summed E-state index contributed by atoms with van der Waals surface area (Å²) in [6.45, 7) is 2.26. The van der Waals surface area contributed by atoms with Crippen molar-refractivity contribution in [2.75, 3.05) is 0 Å². The van der Waals surface area contributed by atoms with Crippen molar-refractivity contribution in [3.05, 3.63) is 42.0 Å². The molecular weight excluding hydrogens is 378 g/mol. The van der Waals surface area contributed by atoms with E-state index in [1.807, 2.05) is 18.2 Å². The van der Waals surface area contributed by atoms with E-state index in [0.29, 0.717) is 6.42 Å². The lowest BCUT2D eigenvalue weighted by molar-refractivity contribution is -0.118. The van der Waals surface area contributed by atoms with Gasteiger partial charge in [0.15, 0.2) is 0 Å². The Morgan fingerprint density at radius 1 is 0.800 bits per heavy atom. The molecule has 0 bridgehead atoms. The van der Waals surface area contributed by atoms with Gasteiger partial charge in [-0.2, -0.15) is 0 Å². The summed E-state index contributed by atoms with van der Waals surface area (Å²) in [5.41, 5.74) is 5.01. The van der Waals surface area contributed by atoms with Gasteiger partial charge in [-0.25, -0.2) is 4.79 Å². The number of aromatic hydroxyl groups is 1. The number of fused-ring (bicyclic) bond motifs is 1. The normalized spacial score (nSPS) is 10.4. The molecular formula is C25H37NO4. The summed E-state index contributed by atoms with van der Waals surface area (Å²) < 4.78 is 0. The minimum Gasteiger partial charge on any atom is -0.507 e. The van der Waals surface area contributed by atoms with Crippen molar-refractivity contribution in [1.29, 1.82) is 0 Å². The van der Waals surface area contributed by atoms with Crippen molar-refractivity contribution in [3.8, 4) is 5.75 Å². The number of carbonyl (C=O) groups excluding carboxylic acids is 1. The van der Waals surface area contributed by atoms with Crippen LogP contribution in [0.3, 0.4) is 0 Å². The average molecular weight is 416 g/mol. The molecule has 4 N–H and O–H groups in total. The average Bonchev–Trinajstić information content (AvgIpc) is 2.71. The predicted molar refractivity (Wildman–Crippen MR) is 123 cm³/mol. The fourth-order valence-electron chi connectivity index (χ4n) is 3.36. The maximum atomic E-state index is 10.7. The van der Waals surface area contributed by atoms with Crippen molar-refractivity contribution in [2.45, 2.75) is 84.0 Å². The molecule has 0 aliphatic rings. The topological polar surface area (TPSA) is 101 Å². The molecule has 0 saturated carbocycles. The van der Waals surface area contributed by atoms with E-state index < -0.39 is 5.97 Å². The third-order valence-corrected chi connectivity index (χ3v) is 5.12. The number of rotatable bonds is 13. The van der Waals surface area contributed by atoms with E-state index >= 15 is 0 Å². The van der Waals surface area contributed by atoms with E-state index in [4.69, 9.17) is 10.8 Å². The molecule has 1 amide bonds. The van der Waals surface area contributed by atoms with Crippen LogP contribution in [0, 0.1) is 0 Å². The van der Waals surface area contributed by atoms with Gasteiger partial charge in [0.2, 0.25) is 5.91 Å². The van der Waals surface area contributed by atoms with Crippen LogP contribution >= 0.6 is 0 Å². The maximum Gasteiger partial charge on any atom is 0.339 e. The molecule has 0 atom stereocenters. The van der Waals surface area contributed by atoms with Gasteiger partial charge in [-0.15, -0.1) is 0 Å². The maximum absolute atomic E-state index is 10.7. The molecule has 5 nitrogen and oxygen atoms in total. The zero-order valence-corrected chi connectivity index (χ0v) is 18.2. The minimum atomic E-state index is -1.12. The first-order valence-electron chi connectivity index (χ1n) is 11.2. The van der Waals surface area contributed by atoms with E-state index in [1.54, 1.807) is 6.07 Å². The van der Waals surface area contributed by atoms with Crippen LogP contribution < -0.4 is 5.73 Å². The van der Waals surface area contributed by atoms with E-state index in [-0.39, 0.29) is 17.2 Å². The van der Waals surface area contributed by atoms with Crippen molar-refractivity contribution < 1.29 is 19.8 Å². The van der Waals surface area contributed by atoms with E-state index in [2.05, 4.69) is 6.92 Å². The highest BCUT2D eigenvalue weighted by atomic mass is 16.4. The Morgan fingerprint density at radius 3 is 1.73 bits per heavy atom. The summed E-state index contributed by atoms with van der Waals surface area (Å²) in [6.07, 6.45) is 15.0. The molecule has 166 valence electrons. The second kappa shape index (κ2) is 15.3. The van der Waals surface area contributed by atoms with Gasteiger partial charge in [-0.1, -0.05) is 95.4 Å². The third kappa shape index (κ3) is 10.8. The number of benzene rings is 2. The zero-order chi connectivity index (χ0) is 22.2. The molecule has 0 heterocycles. The van der Waals surface area contributed by atoms with Crippen molar-refractivity contribution in [1.82, 2.24) is 0 Å². The molecule has 0 aromatic heterocycles. The van der Waals surface area contributed by atoms with Crippen LogP contribution in [0.1, 0.15) is 94.3 Å². The van der Waals surface area contributed by atoms with Crippen molar-refractivity contribution >= 4 is 22.6 Å². The second-order valence-corrected chi connectivity index (χ2v) is 7.77. The molecule has 30 heavy (non-hydrogen) atoms. The summed E-state index contributed by atoms with van der Waals surface area (Å²) >= 11 is 0. The van der Waals surface area contributed by atoms with E-state index in [9.17, 15) is 14.7 Å². The number of carboxylic acids is 1. The fraction of sp³-hybridized carbons (Fsp3) is 0.520. The number of phenols is 1. The minimum absolute atomic E-state index is 0.0660. The summed E-state index contributed by atoms with van der Waals surface area (Å²) in [6, 6.07) is 10.2. The number of aromatic carboxylic acids is 1. The van der Waals surface area contributed by atoms with Crippen LogP contribution in [0.25, 0.3) is 10.8 Å². The lowest BCUT2D eigenvalue weighted by Gasteiger charge is -2.02. The molecule has 5 heteroatoms. The molecule has 0 unspecified atom stereocenters. The Balaban J connectivity index is 0.000000301. The SMILES string of the molecule is CCCCCCCCCCCCCC(N)=O.O=C(O)c1cc2ccccc2cc1O. The lowest BCUT2D eigenvalue weighted by Crippen LogP contribution is -2.09. The summed E-state index contributed by atoms with van der Waals surface area (Å²) in [5, 5.41) is 19.8. The van der Waals surface area contributed by atoms with Crippen molar-refractivity contribution in [2.24, 2.45) is 5.73 Å². The highest BCUT2D eigenvalue weighted by Gasteiger charge is 2.09. The molecule has 2 rings (SSSR count). The number of nitrogens with two attached hydrogens (primary N) is 1. The standard InChI is InChI=1S/C14H29NO.C11H8O3/c1-2-3-4-5-6-7-8-9-10-11-12-13-14(15)16;12-10-6-8-4-2-1-3-7(8)5-9(10)11(13)14/h2-13H2,1H3,(H2,15,16);1-6,12H,(H,13,14). The molecule has 0 saturated heterocycles. The van der Waals surface area contributed by atoms with Crippen LogP contribution in [0.15, 0.2) is 36.4 Å². The quantitative estimate of drug-likeness (QED) is 0.329. The largest absolute Gasteiger partial charge is 0.507 e. The highest BCUT2D eigenvalue weighted by molar-refractivity contribution is 5.97. The zero-order valence-electron chi connectivity index (χ0n) is 18.2. The summed E-state index contributed by atoms with van der Waals surface area (Å²) in [5.74, 6) is -1.47. The van der Waals surface area contributed by atoms with Gasteiger partial charge in [-0.3, -0.25) is 4.79 Å². The highest BCUT2D eigenvalue weighted by Crippen LogP contribution is 2.24. The first-order valence-corrected chi connectivity index (χ1v) is 11.2. The predicted octanol–water partition coefficient (Wildman–Crippen LogP) is 6.42. The van der Waals surface area contributed by atoms with Crippen LogP contribution in [-0.4, -0.2) is 22.1 Å². The number of amides is 1. The molecule has 2 aromatic rings. The Morgan fingerprint density at radius 2 is 1.27 bits per heavy atom. The fourth-order valence-corrected chi connectivity index (χ4v) is 3.36. The van der Waals surface area contributed by atoms with Gasteiger partial charge in [0.05, 0.1) is 0 Å². The number of carboxylic acid groups (broad SMARTS) is 1. The van der Waals surface area contributed by atoms with E-state index in [1.165, 1.54) is 76.3 Å². The number of primary amides is 1. The van der Waals surface area contributed by atoms with Gasteiger partial charge in [0, 0.05) is 6.42 Å². The van der Waals surface area contributed by atoms with Gasteiger partial charge in [0.25, 0.3) is 0 Å². The van der Waals surface area contributed by atoms with Crippen LogP contribution in [-0.2, 0) is 4.79 Å². The second-order valence-electron chi connectivity index (χ2n) is 7.77. The number of unbranched alkanes of at least 4 members (excludes halogenated alkanes) is 10. The van der Waals surface area contributed by atoms with Crippen LogP contribution in [0.4, 0.5) is 0 Å². The molecule has 2 aromatic carbocycles. The molecule has 0 fully saturated rings.